The predicted octanol–water partition coefficient (Wildman–Crippen LogP) is 1.83. The Morgan fingerprint density at radius 3 is 2.73 bits per heavy atom. The molecule has 1 aliphatic heterocycles. The SMILES string of the molecule is ON(/C=C1/C=NC=N1)Cc1ccccc1. The van der Waals surface area contributed by atoms with Crippen molar-refractivity contribution >= 4 is 12.6 Å². The van der Waals surface area contributed by atoms with Gasteiger partial charge in [-0.05, 0) is 5.56 Å². The van der Waals surface area contributed by atoms with Crippen LogP contribution in [0, 0.1) is 0 Å². The second kappa shape index (κ2) is 4.52. The van der Waals surface area contributed by atoms with Gasteiger partial charge in [-0.2, -0.15) is 0 Å². The van der Waals surface area contributed by atoms with E-state index in [1.54, 1.807) is 12.4 Å². The van der Waals surface area contributed by atoms with Gasteiger partial charge in [-0.3, -0.25) is 10.3 Å². The smallest absolute Gasteiger partial charge is 0.116 e. The minimum Gasteiger partial charge on any atom is -0.289 e. The second-order valence-corrected chi connectivity index (χ2v) is 3.16. The minimum absolute atomic E-state index is 0.438. The van der Waals surface area contributed by atoms with Crippen LogP contribution in [-0.2, 0) is 6.54 Å². The number of nitrogens with zero attached hydrogens (tertiary/aromatic N) is 3. The zero-order chi connectivity index (χ0) is 10.5. The molecule has 2 rings (SSSR count). The van der Waals surface area contributed by atoms with Crippen LogP contribution < -0.4 is 0 Å². The molecule has 1 aromatic rings. The van der Waals surface area contributed by atoms with Gasteiger partial charge in [-0.15, -0.1) is 0 Å². The number of hydroxylamine groups is 2. The Bertz CT molecular complexity index is 395. The lowest BCUT2D eigenvalue weighted by Gasteiger charge is -2.11. The number of benzene rings is 1. The number of hydrogen-bond donors (Lipinski definition) is 1. The van der Waals surface area contributed by atoms with E-state index < -0.39 is 0 Å². The Morgan fingerprint density at radius 1 is 1.27 bits per heavy atom. The van der Waals surface area contributed by atoms with E-state index >= 15 is 0 Å². The van der Waals surface area contributed by atoms with Gasteiger partial charge in [0.1, 0.15) is 12.0 Å². The van der Waals surface area contributed by atoms with Crippen molar-refractivity contribution in [2.24, 2.45) is 9.98 Å². The van der Waals surface area contributed by atoms with Gasteiger partial charge in [-0.1, -0.05) is 30.3 Å². The van der Waals surface area contributed by atoms with Crippen LogP contribution in [0.25, 0.3) is 0 Å². The van der Waals surface area contributed by atoms with Crippen molar-refractivity contribution in [3.05, 3.63) is 47.8 Å². The quantitative estimate of drug-likeness (QED) is 0.758. The van der Waals surface area contributed by atoms with Crippen LogP contribution in [0.4, 0.5) is 0 Å². The summed E-state index contributed by atoms with van der Waals surface area (Å²) in [5.41, 5.74) is 1.68. The molecular formula is C11H11N3O. The molecule has 76 valence electrons. The van der Waals surface area contributed by atoms with Crippen molar-refractivity contribution in [1.29, 1.82) is 0 Å². The Hall–Kier alpha value is -1.94. The van der Waals surface area contributed by atoms with Crippen LogP contribution in [0.3, 0.4) is 0 Å². The van der Waals surface area contributed by atoms with E-state index in [0.29, 0.717) is 12.2 Å². The molecule has 1 N–H and O–H groups in total. The monoisotopic (exact) mass is 201 g/mol. The number of aliphatic imine (C=N–C) groups is 2. The highest BCUT2D eigenvalue weighted by Crippen LogP contribution is 2.05. The maximum absolute atomic E-state index is 9.58. The molecule has 4 nitrogen and oxygen atoms in total. The van der Waals surface area contributed by atoms with Crippen LogP contribution in [0.15, 0.2) is 52.2 Å². The molecule has 0 radical (unpaired) electrons. The summed E-state index contributed by atoms with van der Waals surface area (Å²) in [4.78, 5) is 7.73. The first kappa shape index (κ1) is 9.61. The first-order chi connectivity index (χ1) is 7.34. The highest BCUT2D eigenvalue weighted by atomic mass is 16.5. The van der Waals surface area contributed by atoms with E-state index in [1.807, 2.05) is 30.3 Å². The molecule has 15 heavy (non-hydrogen) atoms. The van der Waals surface area contributed by atoms with Gasteiger partial charge in [0.2, 0.25) is 0 Å². The lowest BCUT2D eigenvalue weighted by atomic mass is 10.2. The Morgan fingerprint density at radius 2 is 2.07 bits per heavy atom. The summed E-state index contributed by atoms with van der Waals surface area (Å²) < 4.78 is 0. The lowest BCUT2D eigenvalue weighted by Crippen LogP contribution is -2.11. The van der Waals surface area contributed by atoms with Crippen molar-refractivity contribution in [2.45, 2.75) is 6.54 Å². The molecule has 0 bridgehead atoms. The van der Waals surface area contributed by atoms with Gasteiger partial charge >= 0.3 is 0 Å². The number of allylic oxidation sites excluding steroid dienone is 1. The molecule has 0 saturated carbocycles. The molecule has 0 unspecified atom stereocenters. The van der Waals surface area contributed by atoms with Crippen LogP contribution in [0.1, 0.15) is 5.56 Å². The molecule has 1 aliphatic rings. The average Bonchev–Trinajstić information content (AvgIpc) is 2.71. The second-order valence-electron chi connectivity index (χ2n) is 3.16. The van der Waals surface area contributed by atoms with Crippen molar-refractivity contribution in [2.75, 3.05) is 0 Å². The molecule has 4 heteroatoms. The first-order valence-electron chi connectivity index (χ1n) is 4.61. The van der Waals surface area contributed by atoms with E-state index in [0.717, 1.165) is 10.6 Å². The van der Waals surface area contributed by atoms with Gasteiger partial charge < -0.3 is 0 Å². The molecule has 0 saturated heterocycles. The maximum Gasteiger partial charge on any atom is 0.116 e. The fraction of sp³-hybridized carbons (Fsp3) is 0.0909. The lowest BCUT2D eigenvalue weighted by molar-refractivity contribution is -0.0495. The molecule has 0 aromatic heterocycles. The standard InChI is InChI=1S/C11H11N3O/c15-14(8-11-6-12-9-13-11)7-10-4-2-1-3-5-10/h1-6,8-9,15H,7H2/b11-8-. The van der Waals surface area contributed by atoms with Crippen molar-refractivity contribution in [1.82, 2.24) is 5.06 Å². The van der Waals surface area contributed by atoms with Gasteiger partial charge in [0.25, 0.3) is 0 Å². The Labute approximate surface area is 87.9 Å². The maximum atomic E-state index is 9.58. The summed E-state index contributed by atoms with van der Waals surface area (Å²) >= 11 is 0. The van der Waals surface area contributed by atoms with Gasteiger partial charge in [0.05, 0.1) is 19.0 Å². The third-order valence-corrected chi connectivity index (χ3v) is 1.95. The summed E-state index contributed by atoms with van der Waals surface area (Å²) in [5, 5.41) is 10.7. The summed E-state index contributed by atoms with van der Waals surface area (Å²) in [5.74, 6) is 0. The predicted molar refractivity (Wildman–Crippen MR) is 58.8 cm³/mol. The van der Waals surface area contributed by atoms with Crippen molar-refractivity contribution in [3.63, 3.8) is 0 Å². The van der Waals surface area contributed by atoms with Crippen LogP contribution in [0.2, 0.25) is 0 Å². The van der Waals surface area contributed by atoms with E-state index in [-0.39, 0.29) is 0 Å². The normalized spacial score (nSPS) is 16.2. The highest BCUT2D eigenvalue weighted by molar-refractivity contribution is 5.91. The summed E-state index contributed by atoms with van der Waals surface area (Å²) in [6, 6.07) is 9.72. The molecule has 0 spiro atoms. The number of hydrogen-bond acceptors (Lipinski definition) is 4. The van der Waals surface area contributed by atoms with Crippen LogP contribution >= 0.6 is 0 Å². The van der Waals surface area contributed by atoms with Gasteiger partial charge in [-0.25, -0.2) is 9.98 Å². The summed E-state index contributed by atoms with van der Waals surface area (Å²) in [7, 11) is 0. The largest absolute Gasteiger partial charge is 0.289 e. The zero-order valence-corrected chi connectivity index (χ0v) is 8.11. The number of rotatable bonds is 3. The zero-order valence-electron chi connectivity index (χ0n) is 8.11. The van der Waals surface area contributed by atoms with Crippen molar-refractivity contribution < 1.29 is 5.21 Å². The highest BCUT2D eigenvalue weighted by Gasteiger charge is 2.00. The van der Waals surface area contributed by atoms with Gasteiger partial charge in [0.15, 0.2) is 0 Å². The van der Waals surface area contributed by atoms with E-state index in [1.165, 1.54) is 6.34 Å². The first-order valence-corrected chi connectivity index (χ1v) is 4.61. The average molecular weight is 201 g/mol. The Kier molecular flexibility index (Phi) is 2.90. The third kappa shape index (κ3) is 2.75. The fourth-order valence-electron chi connectivity index (χ4n) is 1.28. The molecule has 0 aliphatic carbocycles. The van der Waals surface area contributed by atoms with Crippen LogP contribution in [-0.4, -0.2) is 22.8 Å². The topological polar surface area (TPSA) is 48.2 Å². The summed E-state index contributed by atoms with van der Waals surface area (Å²) in [6.45, 7) is 0.438. The molecule has 0 atom stereocenters. The Balaban J connectivity index is 1.98. The van der Waals surface area contributed by atoms with E-state index in [2.05, 4.69) is 9.98 Å². The molecule has 1 heterocycles. The molecular weight excluding hydrogens is 190 g/mol. The fourth-order valence-corrected chi connectivity index (χ4v) is 1.28. The third-order valence-electron chi connectivity index (χ3n) is 1.95. The molecule has 0 fully saturated rings. The van der Waals surface area contributed by atoms with Crippen LogP contribution in [0.5, 0.6) is 0 Å². The minimum atomic E-state index is 0.438. The molecule has 0 amide bonds. The van der Waals surface area contributed by atoms with E-state index in [4.69, 9.17) is 0 Å². The van der Waals surface area contributed by atoms with Gasteiger partial charge in [0, 0.05) is 0 Å². The van der Waals surface area contributed by atoms with Crippen molar-refractivity contribution in [3.8, 4) is 0 Å². The van der Waals surface area contributed by atoms with E-state index in [9.17, 15) is 5.21 Å². The summed E-state index contributed by atoms with van der Waals surface area (Å²) in [6.07, 6.45) is 4.58. The molecule has 1 aromatic carbocycles.